The third kappa shape index (κ3) is 4.25. The minimum Gasteiger partial charge on any atom is -0.330 e. The van der Waals surface area contributed by atoms with Gasteiger partial charge in [0.05, 0.1) is 10.6 Å². The van der Waals surface area contributed by atoms with Crippen molar-refractivity contribution in [2.45, 2.75) is 6.92 Å². The zero-order chi connectivity index (χ0) is 13.1. The second-order valence-corrected chi connectivity index (χ2v) is 6.48. The van der Waals surface area contributed by atoms with Crippen molar-refractivity contribution in [1.82, 2.24) is 4.98 Å². The zero-order valence-corrected chi connectivity index (χ0v) is 14.1. The summed E-state index contributed by atoms with van der Waals surface area (Å²) in [5.74, 6) is -0.293. The Morgan fingerprint density at radius 2 is 2.26 bits per heavy atom. The van der Waals surface area contributed by atoms with Crippen molar-refractivity contribution in [2.24, 2.45) is 11.7 Å². The van der Waals surface area contributed by atoms with Crippen LogP contribution in [0.1, 0.15) is 6.92 Å². The monoisotopic (exact) mass is 381 g/mol. The molecule has 0 saturated heterocycles. The molecule has 1 amide bonds. The molecule has 0 aliphatic carbocycles. The van der Waals surface area contributed by atoms with Crippen LogP contribution < -0.4 is 11.1 Å². The molecule has 0 aliphatic rings. The molecule has 1 unspecified atom stereocenters. The first-order chi connectivity index (χ1) is 8.60. The summed E-state index contributed by atoms with van der Waals surface area (Å²) >= 11 is 6.43. The second-order valence-electron chi connectivity index (χ2n) is 3.79. The predicted molar refractivity (Wildman–Crippen MR) is 87.2 cm³/mol. The highest BCUT2D eigenvalue weighted by molar-refractivity contribution is 9.10. The van der Waals surface area contributed by atoms with E-state index in [0.29, 0.717) is 11.7 Å². The Bertz CT molecular complexity index is 558. The molecule has 8 heteroatoms. The first-order valence-corrected chi connectivity index (χ1v) is 7.86. The number of hydrogen-bond acceptors (Lipinski definition) is 5. The maximum atomic E-state index is 11.7. The van der Waals surface area contributed by atoms with Crippen molar-refractivity contribution < 1.29 is 4.79 Å². The fourth-order valence-electron chi connectivity index (χ4n) is 1.23. The Balaban J connectivity index is 0.00000180. The predicted octanol–water partition coefficient (Wildman–Crippen LogP) is 3.59. The second kappa shape index (κ2) is 7.35. The van der Waals surface area contributed by atoms with E-state index in [1.54, 1.807) is 18.3 Å². The lowest BCUT2D eigenvalue weighted by molar-refractivity contribution is -0.119. The lowest BCUT2D eigenvalue weighted by atomic mass is 10.2. The number of carbonyl (C=O) groups is 1. The van der Waals surface area contributed by atoms with Crippen molar-refractivity contribution in [2.75, 3.05) is 11.9 Å². The molecule has 2 aromatic rings. The summed E-state index contributed by atoms with van der Waals surface area (Å²) in [5.41, 5.74) is 6.33. The average Bonchev–Trinajstić information content (AvgIpc) is 2.96. The van der Waals surface area contributed by atoms with E-state index in [4.69, 9.17) is 5.73 Å². The van der Waals surface area contributed by atoms with Gasteiger partial charge in [0, 0.05) is 27.7 Å². The molecular formula is C11H13BrClN3OS2. The molecule has 0 aliphatic heterocycles. The molecule has 2 aromatic heterocycles. The largest absolute Gasteiger partial charge is 0.330 e. The fraction of sp³-hybridized carbons (Fsp3) is 0.273. The van der Waals surface area contributed by atoms with Gasteiger partial charge in [-0.2, -0.15) is 0 Å². The highest BCUT2D eigenvalue weighted by atomic mass is 79.9. The van der Waals surface area contributed by atoms with Gasteiger partial charge in [0.25, 0.3) is 0 Å². The van der Waals surface area contributed by atoms with Crippen LogP contribution in [-0.2, 0) is 4.79 Å². The topological polar surface area (TPSA) is 68.0 Å². The minimum absolute atomic E-state index is 0. The van der Waals surface area contributed by atoms with E-state index in [1.807, 2.05) is 16.8 Å². The molecule has 19 heavy (non-hydrogen) atoms. The molecule has 0 bridgehead atoms. The van der Waals surface area contributed by atoms with Gasteiger partial charge in [0.2, 0.25) is 5.91 Å². The van der Waals surface area contributed by atoms with Gasteiger partial charge in [0.1, 0.15) is 0 Å². The minimum atomic E-state index is -0.201. The number of rotatable bonds is 4. The van der Waals surface area contributed by atoms with Gasteiger partial charge >= 0.3 is 0 Å². The molecule has 0 radical (unpaired) electrons. The smallest absolute Gasteiger partial charge is 0.230 e. The fourth-order valence-corrected chi connectivity index (χ4v) is 3.40. The maximum Gasteiger partial charge on any atom is 0.230 e. The number of nitrogens with one attached hydrogen (secondary N) is 1. The normalized spacial score (nSPS) is 11.7. The maximum absolute atomic E-state index is 11.7. The first kappa shape index (κ1) is 16.6. The lowest BCUT2D eigenvalue weighted by Crippen LogP contribution is -2.26. The molecule has 0 spiro atoms. The van der Waals surface area contributed by atoms with Crippen LogP contribution in [0.5, 0.6) is 0 Å². The van der Waals surface area contributed by atoms with Crippen molar-refractivity contribution in [3.63, 3.8) is 0 Å². The lowest BCUT2D eigenvalue weighted by Gasteiger charge is -2.06. The zero-order valence-electron chi connectivity index (χ0n) is 10.1. The van der Waals surface area contributed by atoms with Crippen LogP contribution in [0.4, 0.5) is 5.13 Å². The molecule has 1 atom stereocenters. The number of hydrogen-bond donors (Lipinski definition) is 2. The third-order valence-corrected chi connectivity index (χ3v) is 4.83. The van der Waals surface area contributed by atoms with Crippen LogP contribution in [0.25, 0.3) is 10.6 Å². The van der Waals surface area contributed by atoms with Crippen LogP contribution in [-0.4, -0.2) is 17.4 Å². The van der Waals surface area contributed by atoms with Gasteiger partial charge < -0.3 is 11.1 Å². The van der Waals surface area contributed by atoms with Crippen LogP contribution in [0.15, 0.2) is 21.3 Å². The Kier molecular flexibility index (Phi) is 6.41. The highest BCUT2D eigenvalue weighted by Crippen LogP contribution is 2.31. The quantitative estimate of drug-likeness (QED) is 0.849. The summed E-state index contributed by atoms with van der Waals surface area (Å²) in [6.45, 7) is 2.13. The average molecular weight is 383 g/mol. The van der Waals surface area contributed by atoms with Crippen molar-refractivity contribution in [3.8, 4) is 10.6 Å². The first-order valence-electron chi connectivity index (χ1n) is 5.31. The molecule has 0 fully saturated rings. The number of thiazole rings is 1. The van der Waals surface area contributed by atoms with E-state index in [9.17, 15) is 4.79 Å². The Morgan fingerprint density at radius 3 is 2.84 bits per heavy atom. The standard InChI is InChI=1S/C11H12BrN3OS2.ClH/c1-6(3-13)10(16)15-11-14-8(5-18-11)9-2-7(12)4-17-9;/h2,4-6H,3,13H2,1H3,(H,14,15,16);1H. The van der Waals surface area contributed by atoms with E-state index in [-0.39, 0.29) is 24.2 Å². The summed E-state index contributed by atoms with van der Waals surface area (Å²) in [6, 6.07) is 2.01. The van der Waals surface area contributed by atoms with Crippen LogP contribution in [0.2, 0.25) is 0 Å². The molecule has 3 N–H and O–H groups in total. The van der Waals surface area contributed by atoms with Gasteiger partial charge in [-0.25, -0.2) is 4.98 Å². The van der Waals surface area contributed by atoms with E-state index < -0.39 is 0 Å². The highest BCUT2D eigenvalue weighted by Gasteiger charge is 2.13. The van der Waals surface area contributed by atoms with Crippen molar-refractivity contribution in [3.05, 3.63) is 21.3 Å². The van der Waals surface area contributed by atoms with Gasteiger partial charge in [-0.3, -0.25) is 4.79 Å². The summed E-state index contributed by atoms with van der Waals surface area (Å²) < 4.78 is 1.04. The molecule has 2 heterocycles. The van der Waals surface area contributed by atoms with Crippen molar-refractivity contribution in [1.29, 1.82) is 0 Å². The van der Waals surface area contributed by atoms with E-state index in [0.717, 1.165) is 15.0 Å². The number of nitrogens with two attached hydrogens (primary N) is 1. The van der Waals surface area contributed by atoms with Gasteiger partial charge in [-0.1, -0.05) is 6.92 Å². The van der Waals surface area contributed by atoms with Gasteiger partial charge in [0.15, 0.2) is 5.13 Å². The number of anilines is 1. The SMILES string of the molecule is CC(CN)C(=O)Nc1nc(-c2cc(Br)cs2)cs1.Cl. The summed E-state index contributed by atoms with van der Waals surface area (Å²) in [5, 5.41) is 7.32. The number of carbonyl (C=O) groups excluding carboxylic acids is 1. The summed E-state index contributed by atoms with van der Waals surface area (Å²) in [7, 11) is 0. The molecular weight excluding hydrogens is 370 g/mol. The van der Waals surface area contributed by atoms with Crippen molar-refractivity contribution >= 4 is 62.0 Å². The third-order valence-electron chi connectivity index (χ3n) is 2.36. The number of amides is 1. The van der Waals surface area contributed by atoms with Crippen LogP contribution in [0.3, 0.4) is 0 Å². The molecule has 4 nitrogen and oxygen atoms in total. The Morgan fingerprint density at radius 1 is 1.53 bits per heavy atom. The van der Waals surface area contributed by atoms with E-state index >= 15 is 0 Å². The van der Waals surface area contributed by atoms with Gasteiger partial charge in [-0.15, -0.1) is 35.1 Å². The summed E-state index contributed by atoms with van der Waals surface area (Å²) in [6.07, 6.45) is 0. The molecule has 0 aromatic carbocycles. The molecule has 104 valence electrons. The Hall–Kier alpha value is -0.470. The number of aromatic nitrogens is 1. The molecule has 0 saturated carbocycles. The number of halogens is 2. The van der Waals surface area contributed by atoms with E-state index in [2.05, 4.69) is 26.2 Å². The Labute approximate surface area is 134 Å². The summed E-state index contributed by atoms with van der Waals surface area (Å²) in [4.78, 5) is 17.1. The van der Waals surface area contributed by atoms with Crippen LogP contribution in [0, 0.1) is 5.92 Å². The molecule has 2 rings (SSSR count). The van der Waals surface area contributed by atoms with Gasteiger partial charge in [-0.05, 0) is 22.0 Å². The van der Waals surface area contributed by atoms with Crippen LogP contribution >= 0.6 is 51.0 Å². The number of thiophene rings is 1. The number of nitrogens with zero attached hydrogens (tertiary/aromatic N) is 1. The van der Waals surface area contributed by atoms with E-state index in [1.165, 1.54) is 11.3 Å².